The van der Waals surface area contributed by atoms with Crippen molar-refractivity contribution < 1.29 is 4.74 Å². The first-order valence-corrected chi connectivity index (χ1v) is 6.11. The molecule has 0 aromatic heterocycles. The van der Waals surface area contributed by atoms with Gasteiger partial charge in [0, 0.05) is 16.8 Å². The minimum atomic E-state index is 0.639. The molecule has 0 aliphatic rings. The van der Waals surface area contributed by atoms with Gasteiger partial charge in [-0.15, -0.1) is 0 Å². The molecular formula is C15H16ClNO. The van der Waals surface area contributed by atoms with E-state index in [0.29, 0.717) is 10.7 Å². The van der Waals surface area contributed by atoms with Crippen molar-refractivity contribution >= 4 is 17.3 Å². The lowest BCUT2D eigenvalue weighted by atomic mass is 9.97. The zero-order valence-electron chi connectivity index (χ0n) is 10.8. The van der Waals surface area contributed by atoms with Crippen LogP contribution in [0.1, 0.15) is 11.1 Å². The van der Waals surface area contributed by atoms with E-state index in [-0.39, 0.29) is 0 Å². The molecule has 2 N–H and O–H groups in total. The predicted octanol–water partition coefficient (Wildman–Crippen LogP) is 4.21. The molecule has 2 aromatic carbocycles. The fraction of sp³-hybridized carbons (Fsp3) is 0.200. The molecular weight excluding hydrogens is 246 g/mol. The molecule has 3 heteroatoms. The van der Waals surface area contributed by atoms with E-state index in [9.17, 15) is 0 Å². The Kier molecular flexibility index (Phi) is 3.48. The number of rotatable bonds is 2. The Balaban J connectivity index is 2.70. The number of methoxy groups -OCH3 is 1. The van der Waals surface area contributed by atoms with Crippen molar-refractivity contribution in [3.63, 3.8) is 0 Å². The summed E-state index contributed by atoms with van der Waals surface area (Å²) >= 11 is 6.27. The van der Waals surface area contributed by atoms with Gasteiger partial charge in [0.05, 0.1) is 12.1 Å². The number of benzene rings is 2. The maximum absolute atomic E-state index is 6.27. The van der Waals surface area contributed by atoms with Crippen LogP contribution in [-0.4, -0.2) is 7.11 Å². The molecule has 0 atom stereocenters. The molecule has 0 saturated heterocycles. The van der Waals surface area contributed by atoms with Crippen LogP contribution >= 0.6 is 11.6 Å². The standard InChI is InChI=1S/C15H16ClNO/c1-9-6-10(2)15(14(7-9)18-3)12-5-4-11(17)8-13(12)16/h4-8H,17H2,1-3H3. The van der Waals surface area contributed by atoms with Crippen molar-refractivity contribution in [3.8, 4) is 16.9 Å². The lowest BCUT2D eigenvalue weighted by molar-refractivity contribution is 0.416. The van der Waals surface area contributed by atoms with E-state index >= 15 is 0 Å². The second kappa shape index (κ2) is 4.91. The molecule has 0 radical (unpaired) electrons. The monoisotopic (exact) mass is 261 g/mol. The van der Waals surface area contributed by atoms with Crippen molar-refractivity contribution in [2.24, 2.45) is 0 Å². The van der Waals surface area contributed by atoms with Gasteiger partial charge in [0.15, 0.2) is 0 Å². The second-order valence-corrected chi connectivity index (χ2v) is 4.81. The van der Waals surface area contributed by atoms with Gasteiger partial charge in [-0.3, -0.25) is 0 Å². The molecule has 18 heavy (non-hydrogen) atoms. The van der Waals surface area contributed by atoms with Crippen LogP contribution in [0.2, 0.25) is 5.02 Å². The highest BCUT2D eigenvalue weighted by molar-refractivity contribution is 6.33. The van der Waals surface area contributed by atoms with Crippen LogP contribution in [0.3, 0.4) is 0 Å². The van der Waals surface area contributed by atoms with E-state index in [0.717, 1.165) is 22.4 Å². The molecule has 0 aliphatic carbocycles. The first kappa shape index (κ1) is 12.8. The summed E-state index contributed by atoms with van der Waals surface area (Å²) in [7, 11) is 1.67. The van der Waals surface area contributed by atoms with Crippen molar-refractivity contribution in [1.82, 2.24) is 0 Å². The average molecular weight is 262 g/mol. The Morgan fingerprint density at radius 1 is 1.11 bits per heavy atom. The Morgan fingerprint density at radius 3 is 2.44 bits per heavy atom. The number of anilines is 1. The molecule has 0 aliphatic heterocycles. The summed E-state index contributed by atoms with van der Waals surface area (Å²) in [5.74, 6) is 0.833. The molecule has 2 rings (SSSR count). The van der Waals surface area contributed by atoms with Crippen LogP contribution in [0.15, 0.2) is 30.3 Å². The zero-order valence-corrected chi connectivity index (χ0v) is 11.5. The van der Waals surface area contributed by atoms with E-state index in [1.54, 1.807) is 13.2 Å². The van der Waals surface area contributed by atoms with Gasteiger partial charge in [0.1, 0.15) is 5.75 Å². The highest BCUT2D eigenvalue weighted by atomic mass is 35.5. The first-order valence-electron chi connectivity index (χ1n) is 5.73. The maximum Gasteiger partial charge on any atom is 0.127 e. The van der Waals surface area contributed by atoms with Gasteiger partial charge >= 0.3 is 0 Å². The Morgan fingerprint density at radius 2 is 1.83 bits per heavy atom. The van der Waals surface area contributed by atoms with Gasteiger partial charge in [0.25, 0.3) is 0 Å². The average Bonchev–Trinajstić information content (AvgIpc) is 2.29. The SMILES string of the molecule is COc1cc(C)cc(C)c1-c1ccc(N)cc1Cl. The molecule has 2 nitrogen and oxygen atoms in total. The van der Waals surface area contributed by atoms with Gasteiger partial charge < -0.3 is 10.5 Å². The molecule has 0 spiro atoms. The highest BCUT2D eigenvalue weighted by Crippen LogP contribution is 2.38. The Hall–Kier alpha value is -1.67. The van der Waals surface area contributed by atoms with Crippen LogP contribution in [0.25, 0.3) is 11.1 Å². The molecule has 0 saturated carbocycles. The highest BCUT2D eigenvalue weighted by Gasteiger charge is 2.13. The minimum Gasteiger partial charge on any atom is -0.496 e. The minimum absolute atomic E-state index is 0.639. The third-order valence-electron chi connectivity index (χ3n) is 2.93. The van der Waals surface area contributed by atoms with Gasteiger partial charge in [-0.05, 0) is 43.2 Å². The number of hydrogen-bond donors (Lipinski definition) is 1. The fourth-order valence-electron chi connectivity index (χ4n) is 2.17. The summed E-state index contributed by atoms with van der Waals surface area (Å²) in [4.78, 5) is 0. The van der Waals surface area contributed by atoms with Crippen LogP contribution in [0.4, 0.5) is 5.69 Å². The second-order valence-electron chi connectivity index (χ2n) is 4.40. The van der Waals surface area contributed by atoms with E-state index in [1.807, 2.05) is 25.1 Å². The van der Waals surface area contributed by atoms with Crippen LogP contribution in [-0.2, 0) is 0 Å². The molecule has 0 unspecified atom stereocenters. The summed E-state index contributed by atoms with van der Waals surface area (Å²) in [5, 5.41) is 0.639. The third kappa shape index (κ3) is 2.29. The summed E-state index contributed by atoms with van der Waals surface area (Å²) in [5.41, 5.74) is 10.7. The van der Waals surface area contributed by atoms with E-state index in [2.05, 4.69) is 13.0 Å². The molecule has 0 bridgehead atoms. The number of nitrogens with two attached hydrogens (primary N) is 1. The Labute approximate surface area is 112 Å². The Bertz CT molecular complexity index is 593. The number of halogens is 1. The predicted molar refractivity (Wildman–Crippen MR) is 77.3 cm³/mol. The first-order chi connectivity index (χ1) is 8.52. The fourth-order valence-corrected chi connectivity index (χ4v) is 2.45. The molecule has 2 aromatic rings. The van der Waals surface area contributed by atoms with E-state index in [1.165, 1.54) is 5.56 Å². The van der Waals surface area contributed by atoms with Gasteiger partial charge in [-0.2, -0.15) is 0 Å². The van der Waals surface area contributed by atoms with Crippen molar-refractivity contribution in [1.29, 1.82) is 0 Å². The molecule has 0 heterocycles. The summed E-state index contributed by atoms with van der Waals surface area (Å²) in [6.45, 7) is 4.10. The quantitative estimate of drug-likeness (QED) is 0.822. The van der Waals surface area contributed by atoms with Crippen LogP contribution < -0.4 is 10.5 Å². The lowest BCUT2D eigenvalue weighted by Gasteiger charge is -2.14. The van der Waals surface area contributed by atoms with Crippen molar-refractivity contribution in [3.05, 3.63) is 46.5 Å². The number of aryl methyl sites for hydroxylation is 2. The van der Waals surface area contributed by atoms with Crippen LogP contribution in [0.5, 0.6) is 5.75 Å². The smallest absolute Gasteiger partial charge is 0.127 e. The lowest BCUT2D eigenvalue weighted by Crippen LogP contribution is -1.94. The van der Waals surface area contributed by atoms with Crippen molar-refractivity contribution in [2.45, 2.75) is 13.8 Å². The number of ether oxygens (including phenoxy) is 1. The number of hydrogen-bond acceptors (Lipinski definition) is 2. The number of nitrogen functional groups attached to an aromatic ring is 1. The van der Waals surface area contributed by atoms with Gasteiger partial charge in [-0.25, -0.2) is 0 Å². The molecule has 0 fully saturated rings. The topological polar surface area (TPSA) is 35.2 Å². The van der Waals surface area contributed by atoms with Crippen LogP contribution in [0, 0.1) is 13.8 Å². The molecule has 94 valence electrons. The molecule has 0 amide bonds. The summed E-state index contributed by atoms with van der Waals surface area (Å²) in [6.07, 6.45) is 0. The largest absolute Gasteiger partial charge is 0.496 e. The van der Waals surface area contributed by atoms with Gasteiger partial charge in [-0.1, -0.05) is 23.7 Å². The summed E-state index contributed by atoms with van der Waals surface area (Å²) < 4.78 is 5.46. The van der Waals surface area contributed by atoms with E-state index in [4.69, 9.17) is 22.1 Å². The third-order valence-corrected chi connectivity index (χ3v) is 3.24. The maximum atomic E-state index is 6.27. The van der Waals surface area contributed by atoms with Crippen molar-refractivity contribution in [2.75, 3.05) is 12.8 Å². The van der Waals surface area contributed by atoms with Gasteiger partial charge in [0.2, 0.25) is 0 Å². The normalized spacial score (nSPS) is 10.4. The zero-order chi connectivity index (χ0) is 13.3. The van der Waals surface area contributed by atoms with E-state index < -0.39 is 0 Å². The summed E-state index contributed by atoms with van der Waals surface area (Å²) in [6, 6.07) is 9.66.